The fourth-order valence-corrected chi connectivity index (χ4v) is 2.21. The van der Waals surface area contributed by atoms with Gasteiger partial charge in [-0.3, -0.25) is 5.84 Å². The molecule has 3 N–H and O–H groups in total. The van der Waals surface area contributed by atoms with E-state index in [1.54, 1.807) is 6.33 Å². The Bertz CT molecular complexity index is 557. The van der Waals surface area contributed by atoms with Crippen LogP contribution in [0, 0.1) is 20.8 Å². The molecular formula is C14H20N4. The van der Waals surface area contributed by atoms with E-state index in [1.807, 2.05) is 17.8 Å². The summed E-state index contributed by atoms with van der Waals surface area (Å²) in [4.78, 5) is 4.38. The van der Waals surface area contributed by atoms with Gasteiger partial charge in [0.15, 0.2) is 0 Å². The van der Waals surface area contributed by atoms with Gasteiger partial charge in [-0.25, -0.2) is 10.4 Å². The van der Waals surface area contributed by atoms with Gasteiger partial charge in [0.25, 0.3) is 0 Å². The molecule has 1 aromatic heterocycles. The second-order valence-corrected chi connectivity index (χ2v) is 4.86. The number of imidazole rings is 1. The van der Waals surface area contributed by atoms with Crippen LogP contribution < -0.4 is 11.3 Å². The van der Waals surface area contributed by atoms with Crippen molar-refractivity contribution in [1.82, 2.24) is 15.0 Å². The summed E-state index contributed by atoms with van der Waals surface area (Å²) in [5.74, 6) is 5.70. The molecule has 96 valence electrons. The minimum atomic E-state index is -0.0644. The summed E-state index contributed by atoms with van der Waals surface area (Å²) in [6.07, 6.45) is 3.77. The van der Waals surface area contributed by atoms with Crippen LogP contribution >= 0.6 is 0 Å². The van der Waals surface area contributed by atoms with Crippen molar-refractivity contribution >= 4 is 0 Å². The maximum absolute atomic E-state index is 5.70. The summed E-state index contributed by atoms with van der Waals surface area (Å²) in [5.41, 5.74) is 8.77. The van der Waals surface area contributed by atoms with E-state index in [2.05, 4.69) is 43.3 Å². The van der Waals surface area contributed by atoms with E-state index in [0.29, 0.717) is 0 Å². The van der Waals surface area contributed by atoms with Crippen LogP contribution in [0.4, 0.5) is 0 Å². The van der Waals surface area contributed by atoms with Gasteiger partial charge in [0.05, 0.1) is 18.1 Å². The third kappa shape index (κ3) is 2.30. The van der Waals surface area contributed by atoms with Crippen LogP contribution in [0.1, 0.15) is 34.0 Å². The number of hydrazine groups is 1. The minimum absolute atomic E-state index is 0.0644. The lowest BCUT2D eigenvalue weighted by molar-refractivity contribution is 0.619. The lowest BCUT2D eigenvalue weighted by Crippen LogP contribution is -2.29. The van der Waals surface area contributed by atoms with Gasteiger partial charge < -0.3 is 4.57 Å². The molecule has 0 saturated carbocycles. The topological polar surface area (TPSA) is 55.9 Å². The van der Waals surface area contributed by atoms with Crippen LogP contribution in [0.25, 0.3) is 0 Å². The zero-order valence-corrected chi connectivity index (χ0v) is 11.4. The molecule has 0 fully saturated rings. The molecular weight excluding hydrogens is 224 g/mol. The van der Waals surface area contributed by atoms with E-state index < -0.39 is 0 Å². The highest BCUT2D eigenvalue weighted by Crippen LogP contribution is 2.25. The average Bonchev–Trinajstić information content (AvgIpc) is 2.73. The molecule has 0 spiro atoms. The number of rotatable bonds is 3. The molecule has 1 heterocycles. The summed E-state index contributed by atoms with van der Waals surface area (Å²) in [6, 6.07) is 4.31. The second-order valence-electron chi connectivity index (χ2n) is 4.86. The first-order chi connectivity index (χ1) is 8.52. The number of nitrogens with one attached hydrogen (secondary N) is 1. The molecule has 4 heteroatoms. The van der Waals surface area contributed by atoms with Crippen molar-refractivity contribution in [3.8, 4) is 0 Å². The van der Waals surface area contributed by atoms with Gasteiger partial charge in [-0.1, -0.05) is 12.1 Å². The van der Waals surface area contributed by atoms with Gasteiger partial charge in [-0.15, -0.1) is 0 Å². The minimum Gasteiger partial charge on any atom is -0.340 e. The van der Waals surface area contributed by atoms with Crippen molar-refractivity contribution in [2.45, 2.75) is 26.8 Å². The van der Waals surface area contributed by atoms with E-state index in [1.165, 1.54) is 22.3 Å². The van der Waals surface area contributed by atoms with E-state index in [-0.39, 0.29) is 6.04 Å². The third-order valence-corrected chi connectivity index (χ3v) is 3.38. The summed E-state index contributed by atoms with van der Waals surface area (Å²) < 4.78 is 1.93. The quantitative estimate of drug-likeness (QED) is 0.640. The van der Waals surface area contributed by atoms with Crippen molar-refractivity contribution in [3.63, 3.8) is 0 Å². The Hall–Kier alpha value is -1.65. The molecule has 1 unspecified atom stereocenters. The fourth-order valence-electron chi connectivity index (χ4n) is 2.21. The van der Waals surface area contributed by atoms with Gasteiger partial charge in [0, 0.05) is 13.2 Å². The maximum atomic E-state index is 5.70. The Kier molecular flexibility index (Phi) is 3.50. The van der Waals surface area contributed by atoms with E-state index in [0.717, 1.165) is 5.69 Å². The number of aryl methyl sites for hydroxylation is 4. The molecule has 0 saturated heterocycles. The van der Waals surface area contributed by atoms with Gasteiger partial charge in [0.1, 0.15) is 0 Å². The number of benzene rings is 1. The molecule has 2 aromatic rings. The lowest BCUT2D eigenvalue weighted by atomic mass is 9.95. The Morgan fingerprint density at radius 1 is 1.17 bits per heavy atom. The number of nitrogens with two attached hydrogens (primary N) is 1. The molecule has 0 aliphatic heterocycles. The first-order valence-electron chi connectivity index (χ1n) is 6.04. The Morgan fingerprint density at radius 2 is 1.83 bits per heavy atom. The van der Waals surface area contributed by atoms with E-state index >= 15 is 0 Å². The number of hydrogen-bond donors (Lipinski definition) is 2. The number of aromatic nitrogens is 2. The highest BCUT2D eigenvalue weighted by Gasteiger charge is 2.17. The summed E-state index contributed by atoms with van der Waals surface area (Å²) in [6.45, 7) is 6.34. The van der Waals surface area contributed by atoms with Crippen LogP contribution in [0.3, 0.4) is 0 Å². The van der Waals surface area contributed by atoms with Crippen molar-refractivity contribution in [2.24, 2.45) is 12.9 Å². The normalized spacial score (nSPS) is 12.7. The molecule has 0 aliphatic rings. The predicted octanol–water partition coefficient (Wildman–Crippen LogP) is 1.90. The molecule has 0 amide bonds. The summed E-state index contributed by atoms with van der Waals surface area (Å²) in [7, 11) is 1.96. The van der Waals surface area contributed by atoms with Gasteiger partial charge in [0.2, 0.25) is 0 Å². The molecule has 0 aliphatic carbocycles. The molecule has 4 nitrogen and oxygen atoms in total. The molecule has 2 rings (SSSR count). The highest BCUT2D eigenvalue weighted by atomic mass is 15.2. The van der Waals surface area contributed by atoms with Crippen LogP contribution in [0.15, 0.2) is 24.7 Å². The molecule has 0 radical (unpaired) electrons. The molecule has 1 aromatic carbocycles. The van der Waals surface area contributed by atoms with Crippen molar-refractivity contribution < 1.29 is 0 Å². The van der Waals surface area contributed by atoms with Crippen molar-refractivity contribution in [3.05, 3.63) is 52.6 Å². The van der Waals surface area contributed by atoms with Crippen molar-refractivity contribution in [2.75, 3.05) is 0 Å². The number of hydrogen-bond acceptors (Lipinski definition) is 3. The first-order valence-corrected chi connectivity index (χ1v) is 6.04. The Labute approximate surface area is 108 Å². The third-order valence-electron chi connectivity index (χ3n) is 3.38. The second kappa shape index (κ2) is 4.92. The zero-order valence-electron chi connectivity index (χ0n) is 11.4. The smallest absolute Gasteiger partial charge is 0.0947 e. The maximum Gasteiger partial charge on any atom is 0.0947 e. The van der Waals surface area contributed by atoms with Gasteiger partial charge in [-0.2, -0.15) is 0 Å². The molecule has 0 bridgehead atoms. The standard InChI is InChI=1S/C14H20N4/c1-9-5-11(3)12(6-10(9)2)14(17-15)13-7-18(4)8-16-13/h5-8,14,17H,15H2,1-4H3. The van der Waals surface area contributed by atoms with Crippen molar-refractivity contribution in [1.29, 1.82) is 0 Å². The van der Waals surface area contributed by atoms with Crippen LogP contribution in [-0.2, 0) is 7.05 Å². The average molecular weight is 244 g/mol. The van der Waals surface area contributed by atoms with Gasteiger partial charge in [-0.05, 0) is 43.0 Å². The van der Waals surface area contributed by atoms with E-state index in [9.17, 15) is 0 Å². The summed E-state index contributed by atoms with van der Waals surface area (Å²) >= 11 is 0. The zero-order chi connectivity index (χ0) is 13.3. The largest absolute Gasteiger partial charge is 0.340 e. The Morgan fingerprint density at radius 3 is 2.39 bits per heavy atom. The molecule has 18 heavy (non-hydrogen) atoms. The monoisotopic (exact) mass is 244 g/mol. The van der Waals surface area contributed by atoms with E-state index in [4.69, 9.17) is 5.84 Å². The van der Waals surface area contributed by atoms with Gasteiger partial charge >= 0.3 is 0 Å². The first kappa shape index (κ1) is 12.8. The summed E-state index contributed by atoms with van der Waals surface area (Å²) in [5, 5.41) is 0. The number of nitrogens with zero attached hydrogens (tertiary/aromatic N) is 2. The SMILES string of the molecule is Cc1cc(C)c(C(NN)c2cn(C)cn2)cc1C. The molecule has 1 atom stereocenters. The van der Waals surface area contributed by atoms with Crippen LogP contribution in [-0.4, -0.2) is 9.55 Å². The van der Waals surface area contributed by atoms with Crippen LogP contribution in [0.5, 0.6) is 0 Å². The lowest BCUT2D eigenvalue weighted by Gasteiger charge is -2.18. The fraction of sp³-hybridized carbons (Fsp3) is 0.357. The predicted molar refractivity (Wildman–Crippen MR) is 73.0 cm³/mol. The highest BCUT2D eigenvalue weighted by molar-refractivity contribution is 5.40. The Balaban J connectivity index is 2.48. The van der Waals surface area contributed by atoms with Crippen LogP contribution in [0.2, 0.25) is 0 Å².